The smallest absolute Gasteiger partial charge is 0.321 e. The Balaban J connectivity index is 2.71. The number of carbonyl (C=O) groups is 1. The quantitative estimate of drug-likeness (QED) is 0.798. The monoisotopic (exact) mass is 209 g/mol. The molecular weight excluding hydrogens is 188 g/mol. The summed E-state index contributed by atoms with van der Waals surface area (Å²) in [6.07, 6.45) is 0. The van der Waals surface area contributed by atoms with Gasteiger partial charge < -0.3 is 10.2 Å². The Morgan fingerprint density at radius 3 is 2.47 bits per heavy atom. The topological polar surface area (TPSA) is 32.3 Å². The summed E-state index contributed by atoms with van der Waals surface area (Å²) in [5.74, 6) is 0.416. The number of anilines is 1. The van der Waals surface area contributed by atoms with Gasteiger partial charge in [0.25, 0.3) is 0 Å². The van der Waals surface area contributed by atoms with Crippen molar-refractivity contribution in [3.05, 3.63) is 29.8 Å². The van der Waals surface area contributed by atoms with Crippen LogP contribution in [0.5, 0.6) is 0 Å². The average molecular weight is 209 g/mol. The lowest BCUT2D eigenvalue weighted by atomic mass is 10.0. The number of rotatable bonds is 2. The summed E-state index contributed by atoms with van der Waals surface area (Å²) >= 11 is 0. The van der Waals surface area contributed by atoms with E-state index >= 15 is 0 Å². The fraction of sp³-hybridized carbons (Fsp3) is 0.417. The molecule has 0 bridgehead atoms. The highest BCUT2D eigenvalue weighted by Gasteiger charge is 2.04. The van der Waals surface area contributed by atoms with E-state index in [9.17, 15) is 4.79 Å². The van der Waals surface area contributed by atoms with Crippen LogP contribution < -0.4 is 5.32 Å². The molecule has 0 saturated carbocycles. The van der Waals surface area contributed by atoms with Crippen LogP contribution in [0.4, 0.5) is 10.5 Å². The lowest BCUT2D eigenvalue weighted by Gasteiger charge is -2.12. The lowest BCUT2D eigenvalue weighted by molar-refractivity contribution is 0.230. The van der Waals surface area contributed by atoms with Crippen LogP contribution in [0.2, 0.25) is 0 Å². The van der Waals surface area contributed by atoms with Crippen molar-refractivity contribution < 1.29 is 8.91 Å². The van der Waals surface area contributed by atoms with Crippen LogP contribution in [-0.4, -0.2) is 25.0 Å². The molecule has 0 unspecified atom stereocenters. The molecule has 2 amide bonds. The zero-order valence-corrected chi connectivity index (χ0v) is 9.24. The molecule has 0 aliphatic rings. The van der Waals surface area contributed by atoms with E-state index in [0.29, 0.717) is 16.5 Å². The van der Waals surface area contributed by atoms with Crippen LogP contribution in [-0.2, 0) is 0 Å². The Hall–Kier alpha value is -1.51. The summed E-state index contributed by atoms with van der Waals surface area (Å²) in [7, 11) is 1.24. The van der Waals surface area contributed by atoms with Crippen LogP contribution >= 0.6 is 0 Å². The van der Waals surface area contributed by atoms with Crippen LogP contribution in [0, 0.1) is 0 Å². The SMILES string of the molecule is [2H]C([2H])([2H])N(C)C(=O)Nc1ccc(C(C)C)cc1. The first-order chi connectivity index (χ1) is 8.21. The van der Waals surface area contributed by atoms with Gasteiger partial charge in [0.15, 0.2) is 0 Å². The van der Waals surface area contributed by atoms with Crippen LogP contribution in [0.25, 0.3) is 0 Å². The molecule has 15 heavy (non-hydrogen) atoms. The third kappa shape index (κ3) is 3.27. The number of hydrogen-bond acceptors (Lipinski definition) is 1. The van der Waals surface area contributed by atoms with Crippen molar-refractivity contribution in [3.8, 4) is 0 Å². The Morgan fingerprint density at radius 2 is 2.00 bits per heavy atom. The summed E-state index contributed by atoms with van der Waals surface area (Å²) in [4.78, 5) is 12.3. The summed E-state index contributed by atoms with van der Waals surface area (Å²) < 4.78 is 21.4. The largest absolute Gasteiger partial charge is 0.331 e. The molecule has 0 aliphatic heterocycles. The average Bonchev–Trinajstić information content (AvgIpc) is 2.27. The Labute approximate surface area is 95.3 Å². The van der Waals surface area contributed by atoms with E-state index in [4.69, 9.17) is 4.11 Å². The Kier molecular flexibility index (Phi) is 2.49. The van der Waals surface area contributed by atoms with Gasteiger partial charge >= 0.3 is 6.03 Å². The molecule has 0 aliphatic carbocycles. The fourth-order valence-electron chi connectivity index (χ4n) is 1.16. The minimum atomic E-state index is -2.43. The third-order valence-electron chi connectivity index (χ3n) is 2.13. The summed E-state index contributed by atoms with van der Waals surface area (Å²) in [6.45, 7) is 1.73. The Bertz CT molecular complexity index is 412. The number of urea groups is 1. The second kappa shape index (κ2) is 4.82. The number of amides is 2. The van der Waals surface area contributed by atoms with Gasteiger partial charge in [-0.1, -0.05) is 26.0 Å². The van der Waals surface area contributed by atoms with Gasteiger partial charge in [-0.3, -0.25) is 0 Å². The van der Waals surface area contributed by atoms with E-state index in [1.54, 1.807) is 12.1 Å². The molecule has 3 heteroatoms. The van der Waals surface area contributed by atoms with Crippen molar-refractivity contribution in [2.24, 2.45) is 0 Å². The van der Waals surface area contributed by atoms with E-state index in [2.05, 4.69) is 19.2 Å². The van der Waals surface area contributed by atoms with E-state index < -0.39 is 13.0 Å². The van der Waals surface area contributed by atoms with Crippen molar-refractivity contribution in [3.63, 3.8) is 0 Å². The predicted octanol–water partition coefficient (Wildman–Crippen LogP) is 2.90. The third-order valence-corrected chi connectivity index (χ3v) is 2.13. The molecular formula is C12H18N2O. The number of nitrogens with one attached hydrogen (secondary N) is 1. The zero-order chi connectivity index (χ0) is 13.9. The molecule has 1 N–H and O–H groups in total. The molecule has 3 nitrogen and oxygen atoms in total. The van der Waals surface area contributed by atoms with Crippen molar-refractivity contribution in [1.29, 1.82) is 0 Å². The maximum Gasteiger partial charge on any atom is 0.321 e. The summed E-state index contributed by atoms with van der Waals surface area (Å²) in [5.41, 5.74) is 1.75. The molecule has 1 rings (SSSR count). The number of nitrogens with zero attached hydrogens (tertiary/aromatic N) is 1. The van der Waals surface area contributed by atoms with E-state index in [1.807, 2.05) is 12.1 Å². The predicted molar refractivity (Wildman–Crippen MR) is 63.2 cm³/mol. The lowest BCUT2D eigenvalue weighted by Crippen LogP contribution is -2.27. The highest BCUT2D eigenvalue weighted by Crippen LogP contribution is 2.17. The molecule has 0 spiro atoms. The zero-order valence-electron chi connectivity index (χ0n) is 12.2. The van der Waals surface area contributed by atoms with Gasteiger partial charge in [-0.15, -0.1) is 0 Å². The molecule has 0 atom stereocenters. The van der Waals surface area contributed by atoms with Gasteiger partial charge in [-0.2, -0.15) is 0 Å². The van der Waals surface area contributed by atoms with Crippen molar-refractivity contribution in [2.75, 3.05) is 19.3 Å². The van der Waals surface area contributed by atoms with Crippen molar-refractivity contribution in [1.82, 2.24) is 4.90 Å². The maximum atomic E-state index is 11.6. The van der Waals surface area contributed by atoms with Gasteiger partial charge in [-0.05, 0) is 23.6 Å². The first-order valence-electron chi connectivity index (χ1n) is 6.36. The Morgan fingerprint density at radius 1 is 1.40 bits per heavy atom. The molecule has 0 saturated heterocycles. The highest BCUT2D eigenvalue weighted by atomic mass is 16.2. The minimum Gasteiger partial charge on any atom is -0.331 e. The molecule has 0 radical (unpaired) electrons. The second-order valence-corrected chi connectivity index (χ2v) is 3.77. The molecule has 0 heterocycles. The summed E-state index contributed by atoms with van der Waals surface area (Å²) in [5, 5.41) is 2.54. The van der Waals surface area contributed by atoms with Crippen LogP contribution in [0.15, 0.2) is 24.3 Å². The van der Waals surface area contributed by atoms with Gasteiger partial charge in [0.2, 0.25) is 0 Å². The van der Waals surface area contributed by atoms with Crippen LogP contribution in [0.3, 0.4) is 0 Å². The van der Waals surface area contributed by atoms with Crippen molar-refractivity contribution in [2.45, 2.75) is 19.8 Å². The maximum absolute atomic E-state index is 11.6. The van der Waals surface area contributed by atoms with Gasteiger partial charge in [-0.25, -0.2) is 4.79 Å². The first kappa shape index (κ1) is 7.74. The van der Waals surface area contributed by atoms with E-state index in [1.165, 1.54) is 7.05 Å². The first-order valence-corrected chi connectivity index (χ1v) is 4.86. The fourth-order valence-corrected chi connectivity index (χ4v) is 1.16. The second-order valence-electron chi connectivity index (χ2n) is 3.77. The van der Waals surface area contributed by atoms with Gasteiger partial charge in [0.1, 0.15) is 0 Å². The number of hydrogen-bond donors (Lipinski definition) is 1. The van der Waals surface area contributed by atoms with Gasteiger partial charge in [0.05, 0.1) is 0 Å². The van der Waals surface area contributed by atoms with E-state index in [-0.39, 0.29) is 0 Å². The highest BCUT2D eigenvalue weighted by molar-refractivity contribution is 5.88. The molecule has 1 aromatic carbocycles. The molecule has 1 aromatic rings. The standard InChI is InChI=1S/C12H18N2O/c1-9(2)10-5-7-11(8-6-10)13-12(15)14(3)4/h5-9H,1-4H3,(H,13,15)/i3D3. The normalized spacial score (nSPS) is 14.0. The number of carbonyl (C=O) groups excluding carboxylic acids is 1. The summed E-state index contributed by atoms with van der Waals surface area (Å²) in [6, 6.07) is 6.71. The molecule has 0 aromatic heterocycles. The number of benzene rings is 1. The van der Waals surface area contributed by atoms with E-state index in [0.717, 1.165) is 5.56 Å². The minimum absolute atomic E-state index is 0.416. The van der Waals surface area contributed by atoms with Crippen LogP contribution in [0.1, 0.15) is 29.4 Å². The molecule has 0 fully saturated rings. The van der Waals surface area contributed by atoms with Crippen molar-refractivity contribution >= 4 is 11.7 Å². The van der Waals surface area contributed by atoms with Gasteiger partial charge in [0, 0.05) is 23.8 Å². The molecule has 82 valence electrons.